The van der Waals surface area contributed by atoms with Crippen LogP contribution in [0.15, 0.2) is 48.5 Å². The van der Waals surface area contributed by atoms with E-state index in [2.05, 4.69) is 11.2 Å². The number of nitrogens with one attached hydrogen (secondary N) is 1. The van der Waals surface area contributed by atoms with E-state index < -0.39 is 0 Å². The molecule has 18 heavy (non-hydrogen) atoms. The number of carbonyl (C=O) groups excluding carboxylic acids is 1. The van der Waals surface area contributed by atoms with Gasteiger partial charge in [-0.3, -0.25) is 4.79 Å². The highest BCUT2D eigenvalue weighted by Crippen LogP contribution is 2.13. The fourth-order valence-electron chi connectivity index (χ4n) is 1.50. The molecule has 0 fully saturated rings. The average molecular weight is 237 g/mol. The zero-order valence-electron chi connectivity index (χ0n) is 9.55. The van der Waals surface area contributed by atoms with Crippen LogP contribution in [0, 0.1) is 12.3 Å². The van der Waals surface area contributed by atoms with E-state index in [0.29, 0.717) is 16.8 Å². The molecule has 0 aromatic heterocycles. The van der Waals surface area contributed by atoms with Crippen molar-refractivity contribution in [2.75, 3.05) is 5.32 Å². The molecule has 3 nitrogen and oxygen atoms in total. The first-order valence-electron chi connectivity index (χ1n) is 5.36. The van der Waals surface area contributed by atoms with Gasteiger partial charge in [-0.15, -0.1) is 6.42 Å². The van der Waals surface area contributed by atoms with Crippen LogP contribution in [0.3, 0.4) is 0 Å². The lowest BCUT2D eigenvalue weighted by molar-refractivity contribution is 0.102. The molecule has 0 heterocycles. The molecule has 1 amide bonds. The molecular weight excluding hydrogens is 226 g/mol. The van der Waals surface area contributed by atoms with Gasteiger partial charge < -0.3 is 10.4 Å². The lowest BCUT2D eigenvalue weighted by atomic mass is 10.2. The number of hydrogen-bond acceptors (Lipinski definition) is 2. The van der Waals surface area contributed by atoms with Crippen LogP contribution in [0.5, 0.6) is 5.75 Å². The van der Waals surface area contributed by atoms with Gasteiger partial charge in [0.25, 0.3) is 5.91 Å². The van der Waals surface area contributed by atoms with E-state index in [4.69, 9.17) is 11.5 Å². The van der Waals surface area contributed by atoms with Gasteiger partial charge in [-0.2, -0.15) is 0 Å². The summed E-state index contributed by atoms with van der Waals surface area (Å²) < 4.78 is 0. The average Bonchev–Trinajstić information content (AvgIpc) is 2.39. The van der Waals surface area contributed by atoms with Crippen molar-refractivity contribution >= 4 is 11.6 Å². The van der Waals surface area contributed by atoms with Crippen molar-refractivity contribution in [2.24, 2.45) is 0 Å². The summed E-state index contributed by atoms with van der Waals surface area (Å²) in [7, 11) is 0. The molecule has 0 saturated carbocycles. The number of hydrogen-bond donors (Lipinski definition) is 2. The van der Waals surface area contributed by atoms with Gasteiger partial charge in [0.2, 0.25) is 0 Å². The Morgan fingerprint density at radius 1 is 1.17 bits per heavy atom. The second kappa shape index (κ2) is 5.07. The van der Waals surface area contributed by atoms with Gasteiger partial charge in [-0.1, -0.05) is 12.0 Å². The molecule has 0 atom stereocenters. The Morgan fingerprint density at radius 3 is 2.56 bits per heavy atom. The summed E-state index contributed by atoms with van der Waals surface area (Å²) in [5, 5.41) is 11.9. The van der Waals surface area contributed by atoms with Crippen molar-refractivity contribution in [3.63, 3.8) is 0 Å². The lowest BCUT2D eigenvalue weighted by Crippen LogP contribution is -2.11. The quantitative estimate of drug-likeness (QED) is 0.789. The number of rotatable bonds is 2. The van der Waals surface area contributed by atoms with Crippen LogP contribution in [-0.2, 0) is 0 Å². The summed E-state index contributed by atoms with van der Waals surface area (Å²) in [6, 6.07) is 13.1. The third-order valence-electron chi connectivity index (χ3n) is 2.42. The van der Waals surface area contributed by atoms with E-state index in [9.17, 15) is 4.79 Å². The van der Waals surface area contributed by atoms with Crippen LogP contribution in [0.4, 0.5) is 5.69 Å². The lowest BCUT2D eigenvalue weighted by Gasteiger charge is -2.05. The van der Waals surface area contributed by atoms with Gasteiger partial charge in [0.15, 0.2) is 0 Å². The van der Waals surface area contributed by atoms with Crippen LogP contribution in [0.25, 0.3) is 0 Å². The number of benzene rings is 2. The van der Waals surface area contributed by atoms with Crippen LogP contribution < -0.4 is 5.32 Å². The molecule has 0 radical (unpaired) electrons. The Hall–Kier alpha value is -2.73. The number of phenols is 1. The van der Waals surface area contributed by atoms with Gasteiger partial charge in [-0.05, 0) is 42.5 Å². The second-order valence-corrected chi connectivity index (χ2v) is 3.73. The number of amides is 1. The monoisotopic (exact) mass is 237 g/mol. The summed E-state index contributed by atoms with van der Waals surface area (Å²) in [6.07, 6.45) is 5.29. The van der Waals surface area contributed by atoms with Gasteiger partial charge >= 0.3 is 0 Å². The maximum Gasteiger partial charge on any atom is 0.255 e. The molecule has 88 valence electrons. The predicted octanol–water partition coefficient (Wildman–Crippen LogP) is 2.63. The summed E-state index contributed by atoms with van der Waals surface area (Å²) >= 11 is 0. The first-order valence-corrected chi connectivity index (χ1v) is 5.36. The zero-order valence-corrected chi connectivity index (χ0v) is 9.55. The molecule has 0 unspecified atom stereocenters. The molecule has 2 aromatic rings. The van der Waals surface area contributed by atoms with Crippen LogP contribution in [-0.4, -0.2) is 11.0 Å². The van der Waals surface area contributed by atoms with Crippen LogP contribution in [0.2, 0.25) is 0 Å². The molecule has 0 saturated heterocycles. The maximum absolute atomic E-state index is 11.9. The molecular formula is C15H11NO2. The summed E-state index contributed by atoms with van der Waals surface area (Å²) in [6.45, 7) is 0. The number of anilines is 1. The van der Waals surface area contributed by atoms with Gasteiger partial charge in [0, 0.05) is 16.8 Å². The summed E-state index contributed by atoms with van der Waals surface area (Å²) in [4.78, 5) is 11.9. The first kappa shape index (κ1) is 11.7. The topological polar surface area (TPSA) is 49.3 Å². The third-order valence-corrected chi connectivity index (χ3v) is 2.42. The van der Waals surface area contributed by atoms with Crippen LogP contribution in [0.1, 0.15) is 15.9 Å². The highest BCUT2D eigenvalue weighted by atomic mass is 16.3. The van der Waals surface area contributed by atoms with E-state index in [0.717, 1.165) is 0 Å². The second-order valence-electron chi connectivity index (χ2n) is 3.73. The Labute approximate surface area is 105 Å². The van der Waals surface area contributed by atoms with Gasteiger partial charge in [0.1, 0.15) is 5.75 Å². The Morgan fingerprint density at radius 2 is 1.89 bits per heavy atom. The Balaban J connectivity index is 2.16. The number of aromatic hydroxyl groups is 1. The van der Waals surface area contributed by atoms with E-state index in [-0.39, 0.29) is 11.7 Å². The molecule has 0 bridgehead atoms. The largest absolute Gasteiger partial charge is 0.508 e. The van der Waals surface area contributed by atoms with Crippen molar-refractivity contribution in [1.82, 2.24) is 0 Å². The predicted molar refractivity (Wildman–Crippen MR) is 70.4 cm³/mol. The zero-order chi connectivity index (χ0) is 13.0. The minimum Gasteiger partial charge on any atom is -0.508 e. The van der Waals surface area contributed by atoms with E-state index in [1.807, 2.05) is 0 Å². The molecule has 2 rings (SSSR count). The smallest absolute Gasteiger partial charge is 0.255 e. The van der Waals surface area contributed by atoms with E-state index in [1.165, 1.54) is 12.1 Å². The van der Waals surface area contributed by atoms with Gasteiger partial charge in [0.05, 0.1) is 0 Å². The summed E-state index contributed by atoms with van der Waals surface area (Å²) in [5.41, 5.74) is 1.82. The Bertz CT molecular complexity index is 609. The fraction of sp³-hybridized carbons (Fsp3) is 0. The maximum atomic E-state index is 11.9. The highest BCUT2D eigenvalue weighted by molar-refractivity contribution is 6.04. The van der Waals surface area contributed by atoms with Crippen molar-refractivity contribution in [3.05, 3.63) is 59.7 Å². The molecule has 0 aliphatic heterocycles. The number of terminal acetylenes is 1. The number of phenolic OH excluding ortho intramolecular Hbond substituents is 1. The van der Waals surface area contributed by atoms with Crippen molar-refractivity contribution in [1.29, 1.82) is 0 Å². The van der Waals surface area contributed by atoms with Crippen molar-refractivity contribution < 1.29 is 9.90 Å². The minimum atomic E-state index is -0.246. The van der Waals surface area contributed by atoms with Crippen molar-refractivity contribution in [2.45, 2.75) is 0 Å². The molecule has 0 aliphatic rings. The molecule has 0 aliphatic carbocycles. The molecule has 3 heteroatoms. The first-order chi connectivity index (χ1) is 8.69. The minimum absolute atomic E-state index is 0.126. The molecule has 0 spiro atoms. The molecule has 2 N–H and O–H groups in total. The van der Waals surface area contributed by atoms with E-state index >= 15 is 0 Å². The van der Waals surface area contributed by atoms with Crippen molar-refractivity contribution in [3.8, 4) is 18.1 Å². The van der Waals surface area contributed by atoms with Gasteiger partial charge in [-0.25, -0.2) is 0 Å². The third kappa shape index (κ3) is 2.69. The SMILES string of the molecule is C#Cc1cccc(NC(=O)c2ccc(O)cc2)c1. The standard InChI is InChI=1S/C15H11NO2/c1-2-11-4-3-5-13(10-11)16-15(18)12-6-8-14(17)9-7-12/h1,3-10,17H,(H,16,18). The normalized spacial score (nSPS) is 9.50. The highest BCUT2D eigenvalue weighted by Gasteiger charge is 2.05. The molecule has 2 aromatic carbocycles. The summed E-state index contributed by atoms with van der Waals surface area (Å²) in [5.74, 6) is 2.38. The van der Waals surface area contributed by atoms with E-state index in [1.54, 1.807) is 36.4 Å². The van der Waals surface area contributed by atoms with Crippen LogP contribution >= 0.6 is 0 Å². The number of carbonyl (C=O) groups is 1. The Kier molecular flexibility index (Phi) is 3.31. The fourth-order valence-corrected chi connectivity index (χ4v) is 1.50.